The van der Waals surface area contributed by atoms with Crippen molar-refractivity contribution in [3.8, 4) is 0 Å². The first kappa shape index (κ1) is 16.5. The molecule has 0 aliphatic heterocycles. The van der Waals surface area contributed by atoms with Gasteiger partial charge in [-0.05, 0) is 45.1 Å². The predicted molar refractivity (Wildman–Crippen MR) is 86.5 cm³/mol. The minimum Gasteiger partial charge on any atom is -0.303 e. The lowest BCUT2D eigenvalue weighted by Crippen LogP contribution is -2.31. The molecule has 0 aromatic heterocycles. The molecule has 0 radical (unpaired) electrons. The van der Waals surface area contributed by atoms with Crippen LogP contribution in [0.1, 0.15) is 65.7 Å². The van der Waals surface area contributed by atoms with E-state index in [0.29, 0.717) is 0 Å². The third kappa shape index (κ3) is 7.57. The molecule has 0 amide bonds. The third-order valence-electron chi connectivity index (χ3n) is 4.26. The van der Waals surface area contributed by atoms with Gasteiger partial charge < -0.3 is 4.90 Å². The summed E-state index contributed by atoms with van der Waals surface area (Å²) in [7, 11) is 0. The Morgan fingerprint density at radius 1 is 1.16 bits per heavy atom. The highest BCUT2D eigenvalue weighted by atomic mass is 15.1. The molecule has 1 aliphatic rings. The third-order valence-corrected chi connectivity index (χ3v) is 4.26. The van der Waals surface area contributed by atoms with Crippen LogP contribution in [0.4, 0.5) is 0 Å². The van der Waals surface area contributed by atoms with Gasteiger partial charge in [0.05, 0.1) is 0 Å². The van der Waals surface area contributed by atoms with E-state index >= 15 is 0 Å². The second-order valence-corrected chi connectivity index (χ2v) is 6.00. The van der Waals surface area contributed by atoms with Gasteiger partial charge in [0.15, 0.2) is 0 Å². The molecule has 0 atom stereocenters. The van der Waals surface area contributed by atoms with Crippen LogP contribution in [0.5, 0.6) is 0 Å². The fourth-order valence-corrected chi connectivity index (χ4v) is 2.90. The van der Waals surface area contributed by atoms with Crippen LogP contribution < -0.4 is 0 Å². The molecule has 1 aliphatic carbocycles. The first-order chi connectivity index (χ1) is 9.26. The number of hydrogen-bond donors (Lipinski definition) is 0. The van der Waals surface area contributed by atoms with Gasteiger partial charge in [-0.2, -0.15) is 0 Å². The Morgan fingerprint density at radius 2 is 1.89 bits per heavy atom. The van der Waals surface area contributed by atoms with E-state index in [1.807, 2.05) is 0 Å². The van der Waals surface area contributed by atoms with E-state index in [1.165, 1.54) is 63.7 Å². The molecule has 1 heteroatoms. The Hall–Kier alpha value is -0.560. The van der Waals surface area contributed by atoms with Crippen molar-refractivity contribution in [2.45, 2.75) is 65.7 Å². The minimum absolute atomic E-state index is 0.970. The molecular weight excluding hydrogens is 230 g/mol. The molecule has 0 N–H and O–H groups in total. The van der Waals surface area contributed by atoms with Gasteiger partial charge in [0.2, 0.25) is 0 Å². The highest BCUT2D eigenvalue weighted by molar-refractivity contribution is 5.10. The fourth-order valence-electron chi connectivity index (χ4n) is 2.90. The largest absolute Gasteiger partial charge is 0.303 e. The van der Waals surface area contributed by atoms with Crippen molar-refractivity contribution >= 4 is 0 Å². The zero-order valence-corrected chi connectivity index (χ0v) is 13.3. The standard InChI is InChI=1S/C18H33N/c1-4-6-8-11-17(3)14-15-19(5-2)16-18-12-9-7-10-13-18/h6,8,11,18H,4-5,7,9-10,12-16H2,1-3H3/b8-6-,17-11+. The molecule has 19 heavy (non-hydrogen) atoms. The molecule has 0 heterocycles. The number of hydrogen-bond acceptors (Lipinski definition) is 1. The Balaban J connectivity index is 2.27. The quantitative estimate of drug-likeness (QED) is 0.545. The summed E-state index contributed by atoms with van der Waals surface area (Å²) in [5.41, 5.74) is 1.51. The predicted octanol–water partition coefficient (Wildman–Crippen LogP) is 5.19. The van der Waals surface area contributed by atoms with Gasteiger partial charge in [-0.1, -0.05) is 56.9 Å². The molecule has 1 nitrogen and oxygen atoms in total. The van der Waals surface area contributed by atoms with E-state index in [9.17, 15) is 0 Å². The Kier molecular flexibility index (Phi) is 8.90. The summed E-state index contributed by atoms with van der Waals surface area (Å²) in [6, 6.07) is 0. The van der Waals surface area contributed by atoms with E-state index in [-0.39, 0.29) is 0 Å². The van der Waals surface area contributed by atoms with Crippen molar-refractivity contribution in [2.24, 2.45) is 5.92 Å². The monoisotopic (exact) mass is 263 g/mol. The van der Waals surface area contributed by atoms with E-state index in [4.69, 9.17) is 0 Å². The first-order valence-electron chi connectivity index (χ1n) is 8.30. The van der Waals surface area contributed by atoms with Gasteiger partial charge in [-0.3, -0.25) is 0 Å². The van der Waals surface area contributed by atoms with Gasteiger partial charge in [-0.15, -0.1) is 0 Å². The smallest absolute Gasteiger partial charge is 0.00186 e. The van der Waals surface area contributed by atoms with Gasteiger partial charge in [0.1, 0.15) is 0 Å². The molecule has 0 bridgehead atoms. The normalized spacial score (nSPS) is 18.6. The molecule has 0 unspecified atom stereocenters. The second kappa shape index (κ2) is 10.3. The van der Waals surface area contributed by atoms with Crippen LogP contribution in [0.2, 0.25) is 0 Å². The maximum Gasteiger partial charge on any atom is 0.00186 e. The van der Waals surface area contributed by atoms with Crippen molar-refractivity contribution in [1.82, 2.24) is 4.90 Å². The summed E-state index contributed by atoms with van der Waals surface area (Å²) in [5.74, 6) is 0.970. The number of rotatable bonds is 8. The summed E-state index contributed by atoms with van der Waals surface area (Å²) < 4.78 is 0. The van der Waals surface area contributed by atoms with Crippen LogP contribution in [0.25, 0.3) is 0 Å². The number of allylic oxidation sites excluding steroid dienone is 3. The average Bonchev–Trinajstić information content (AvgIpc) is 2.45. The topological polar surface area (TPSA) is 3.24 Å². The van der Waals surface area contributed by atoms with Crippen molar-refractivity contribution in [2.75, 3.05) is 19.6 Å². The van der Waals surface area contributed by atoms with E-state index < -0.39 is 0 Å². The SMILES string of the molecule is CC/C=C\C=C(/C)CCN(CC)CC1CCCCC1. The molecule has 0 spiro atoms. The molecule has 0 aromatic rings. The molecule has 1 rings (SSSR count). The molecule has 110 valence electrons. The Morgan fingerprint density at radius 3 is 2.53 bits per heavy atom. The Labute approximate surface area is 120 Å². The van der Waals surface area contributed by atoms with E-state index in [2.05, 4.69) is 43.9 Å². The van der Waals surface area contributed by atoms with Crippen molar-refractivity contribution in [1.29, 1.82) is 0 Å². The van der Waals surface area contributed by atoms with Gasteiger partial charge in [-0.25, -0.2) is 0 Å². The summed E-state index contributed by atoms with van der Waals surface area (Å²) in [5, 5.41) is 0. The van der Waals surface area contributed by atoms with E-state index in [1.54, 1.807) is 0 Å². The van der Waals surface area contributed by atoms with Gasteiger partial charge in [0.25, 0.3) is 0 Å². The second-order valence-electron chi connectivity index (χ2n) is 6.00. The molecule has 1 fully saturated rings. The number of nitrogens with zero attached hydrogens (tertiary/aromatic N) is 1. The van der Waals surface area contributed by atoms with Gasteiger partial charge >= 0.3 is 0 Å². The van der Waals surface area contributed by atoms with Crippen LogP contribution in [0.15, 0.2) is 23.8 Å². The summed E-state index contributed by atoms with van der Waals surface area (Å²) in [6.45, 7) is 10.5. The summed E-state index contributed by atoms with van der Waals surface area (Å²) in [6.07, 6.45) is 16.4. The first-order valence-corrected chi connectivity index (χ1v) is 8.30. The van der Waals surface area contributed by atoms with Gasteiger partial charge in [0, 0.05) is 13.1 Å². The maximum absolute atomic E-state index is 2.65. The molecule has 1 saturated carbocycles. The lowest BCUT2D eigenvalue weighted by molar-refractivity contribution is 0.210. The minimum atomic E-state index is 0.970. The van der Waals surface area contributed by atoms with Crippen molar-refractivity contribution in [3.63, 3.8) is 0 Å². The summed E-state index contributed by atoms with van der Waals surface area (Å²) in [4.78, 5) is 2.65. The van der Waals surface area contributed by atoms with Crippen molar-refractivity contribution in [3.05, 3.63) is 23.8 Å². The molecule has 0 saturated heterocycles. The molecular formula is C18H33N. The maximum atomic E-state index is 2.65. The van der Waals surface area contributed by atoms with Crippen molar-refractivity contribution < 1.29 is 0 Å². The van der Waals surface area contributed by atoms with Crippen LogP contribution >= 0.6 is 0 Å². The lowest BCUT2D eigenvalue weighted by Gasteiger charge is -2.29. The zero-order valence-electron chi connectivity index (χ0n) is 13.3. The lowest BCUT2D eigenvalue weighted by atomic mass is 9.89. The Bertz CT molecular complexity index is 271. The average molecular weight is 263 g/mol. The highest BCUT2D eigenvalue weighted by Crippen LogP contribution is 2.24. The highest BCUT2D eigenvalue weighted by Gasteiger charge is 2.16. The van der Waals surface area contributed by atoms with Crippen LogP contribution in [-0.2, 0) is 0 Å². The van der Waals surface area contributed by atoms with Crippen LogP contribution in [-0.4, -0.2) is 24.5 Å². The molecule has 0 aromatic carbocycles. The summed E-state index contributed by atoms with van der Waals surface area (Å²) >= 11 is 0. The van der Waals surface area contributed by atoms with E-state index in [0.717, 1.165) is 12.3 Å². The zero-order chi connectivity index (χ0) is 13.9. The van der Waals surface area contributed by atoms with Crippen LogP contribution in [0.3, 0.4) is 0 Å². The fraction of sp³-hybridized carbons (Fsp3) is 0.778. The van der Waals surface area contributed by atoms with Crippen LogP contribution in [0, 0.1) is 5.92 Å².